The highest BCUT2D eigenvalue weighted by Crippen LogP contribution is 2.21. The molecule has 1 aromatic heterocycles. The van der Waals surface area contributed by atoms with Gasteiger partial charge in [-0.15, -0.1) is 0 Å². The summed E-state index contributed by atoms with van der Waals surface area (Å²) in [6.07, 6.45) is 1.80. The van der Waals surface area contributed by atoms with Crippen molar-refractivity contribution in [2.24, 2.45) is 0 Å². The van der Waals surface area contributed by atoms with Crippen molar-refractivity contribution < 1.29 is 9.18 Å². The first-order chi connectivity index (χ1) is 13.2. The van der Waals surface area contributed by atoms with Crippen LogP contribution in [-0.2, 0) is 6.42 Å². The average molecular weight is 363 g/mol. The minimum absolute atomic E-state index is 0.187. The molecule has 3 aromatic rings. The zero-order valence-electron chi connectivity index (χ0n) is 15.1. The highest BCUT2D eigenvalue weighted by atomic mass is 19.1. The van der Waals surface area contributed by atoms with E-state index in [0.717, 1.165) is 67.7 Å². The molecule has 1 aliphatic heterocycles. The molecule has 0 amide bonds. The number of benzene rings is 2. The zero-order chi connectivity index (χ0) is 18.6. The second-order valence-corrected chi connectivity index (χ2v) is 6.91. The van der Waals surface area contributed by atoms with E-state index in [9.17, 15) is 9.18 Å². The summed E-state index contributed by atoms with van der Waals surface area (Å²) in [5.41, 5.74) is 2.56. The molecule has 27 heavy (non-hydrogen) atoms. The van der Waals surface area contributed by atoms with Crippen molar-refractivity contribution in [2.45, 2.75) is 6.42 Å². The van der Waals surface area contributed by atoms with Crippen LogP contribution in [0, 0.1) is 5.82 Å². The van der Waals surface area contributed by atoms with Gasteiger partial charge in [0.25, 0.3) is 0 Å². The van der Waals surface area contributed by atoms with Crippen LogP contribution in [-0.4, -0.2) is 48.9 Å². The van der Waals surface area contributed by atoms with E-state index in [-0.39, 0.29) is 5.82 Å². The van der Waals surface area contributed by atoms with Gasteiger partial charge < -0.3 is 4.90 Å². The predicted octanol–water partition coefficient (Wildman–Crippen LogP) is 3.55. The Morgan fingerprint density at radius 3 is 2.48 bits per heavy atom. The molecule has 1 aliphatic rings. The summed E-state index contributed by atoms with van der Waals surface area (Å²) in [6, 6.07) is 16.5. The van der Waals surface area contributed by atoms with Crippen molar-refractivity contribution in [1.29, 1.82) is 0 Å². The fourth-order valence-electron chi connectivity index (χ4n) is 3.57. The largest absolute Gasteiger partial charge is 0.354 e. The lowest BCUT2D eigenvalue weighted by atomic mass is 10.1. The number of hydrogen-bond acceptors (Lipinski definition) is 4. The number of nitrogens with zero attached hydrogens (tertiary/aromatic N) is 3. The van der Waals surface area contributed by atoms with Gasteiger partial charge in [-0.2, -0.15) is 0 Å². The number of fused-ring (bicyclic) bond motifs is 1. The molecule has 0 unspecified atom stereocenters. The third kappa shape index (κ3) is 3.98. The molecule has 0 atom stereocenters. The van der Waals surface area contributed by atoms with Gasteiger partial charge in [0, 0.05) is 43.7 Å². The third-order valence-electron chi connectivity index (χ3n) is 5.19. The maximum atomic E-state index is 13.0. The lowest BCUT2D eigenvalue weighted by Gasteiger charge is -2.35. The Hall–Kier alpha value is -2.79. The molecule has 2 aromatic carbocycles. The summed E-state index contributed by atoms with van der Waals surface area (Å²) >= 11 is 0. The molecule has 1 fully saturated rings. The molecule has 138 valence electrons. The molecule has 0 spiro atoms. The number of carbonyl (C=O) groups excluding carboxylic acids is 1. The van der Waals surface area contributed by atoms with E-state index in [1.54, 1.807) is 6.07 Å². The Morgan fingerprint density at radius 2 is 1.74 bits per heavy atom. The summed E-state index contributed by atoms with van der Waals surface area (Å²) in [7, 11) is 0. The van der Waals surface area contributed by atoms with Crippen molar-refractivity contribution in [3.05, 3.63) is 71.5 Å². The molecule has 0 radical (unpaired) electrons. The van der Waals surface area contributed by atoms with E-state index < -0.39 is 0 Å². The molecule has 5 heteroatoms. The van der Waals surface area contributed by atoms with Gasteiger partial charge in [0.15, 0.2) is 6.29 Å². The summed E-state index contributed by atoms with van der Waals surface area (Å²) < 4.78 is 13.0. The fourth-order valence-corrected chi connectivity index (χ4v) is 3.57. The molecule has 4 nitrogen and oxygen atoms in total. The SMILES string of the molecule is O=Cc1cccc2ccc(N3CCN(CCc4ccc(F)cc4)CC3)nc12. The molecule has 4 rings (SSSR count). The number of piperazine rings is 1. The van der Waals surface area contributed by atoms with Gasteiger partial charge in [-0.1, -0.05) is 24.3 Å². The van der Waals surface area contributed by atoms with Gasteiger partial charge in [0.2, 0.25) is 0 Å². The fraction of sp³-hybridized carbons (Fsp3) is 0.273. The number of para-hydroxylation sites is 1. The van der Waals surface area contributed by atoms with Crippen LogP contribution < -0.4 is 4.90 Å². The summed E-state index contributed by atoms with van der Waals surface area (Å²) in [6.45, 7) is 4.72. The monoisotopic (exact) mass is 363 g/mol. The van der Waals surface area contributed by atoms with Crippen LogP contribution in [0.3, 0.4) is 0 Å². The van der Waals surface area contributed by atoms with Gasteiger partial charge in [0.05, 0.1) is 5.52 Å². The minimum Gasteiger partial charge on any atom is -0.354 e. The Bertz CT molecular complexity index is 934. The predicted molar refractivity (Wildman–Crippen MR) is 106 cm³/mol. The number of halogens is 1. The zero-order valence-corrected chi connectivity index (χ0v) is 15.1. The number of hydrogen-bond donors (Lipinski definition) is 0. The van der Waals surface area contributed by atoms with Gasteiger partial charge in [-0.05, 0) is 42.3 Å². The van der Waals surface area contributed by atoms with E-state index in [4.69, 9.17) is 4.98 Å². The number of rotatable bonds is 5. The highest BCUT2D eigenvalue weighted by Gasteiger charge is 2.18. The summed E-state index contributed by atoms with van der Waals surface area (Å²) in [5, 5.41) is 0.987. The Kier molecular flexibility index (Phi) is 5.12. The van der Waals surface area contributed by atoms with Crippen molar-refractivity contribution in [3.8, 4) is 0 Å². The Morgan fingerprint density at radius 1 is 0.963 bits per heavy atom. The van der Waals surface area contributed by atoms with E-state index >= 15 is 0 Å². The first kappa shape index (κ1) is 17.6. The van der Waals surface area contributed by atoms with E-state index in [1.165, 1.54) is 12.1 Å². The first-order valence-corrected chi connectivity index (χ1v) is 9.29. The topological polar surface area (TPSA) is 36.4 Å². The van der Waals surface area contributed by atoms with Crippen LogP contribution in [0.5, 0.6) is 0 Å². The Labute approximate surface area is 158 Å². The second kappa shape index (κ2) is 7.84. The van der Waals surface area contributed by atoms with Crippen LogP contribution >= 0.6 is 0 Å². The van der Waals surface area contributed by atoms with Crippen LogP contribution in [0.1, 0.15) is 15.9 Å². The van der Waals surface area contributed by atoms with Crippen molar-refractivity contribution in [2.75, 3.05) is 37.6 Å². The van der Waals surface area contributed by atoms with E-state index in [2.05, 4.69) is 9.80 Å². The molecule has 0 aliphatic carbocycles. The van der Waals surface area contributed by atoms with Crippen molar-refractivity contribution in [1.82, 2.24) is 9.88 Å². The number of pyridine rings is 1. The lowest BCUT2D eigenvalue weighted by molar-refractivity contribution is 0.112. The molecular formula is C22H22FN3O. The Balaban J connectivity index is 1.38. The first-order valence-electron chi connectivity index (χ1n) is 9.29. The molecular weight excluding hydrogens is 341 g/mol. The summed E-state index contributed by atoms with van der Waals surface area (Å²) in [5.74, 6) is 0.739. The molecule has 0 N–H and O–H groups in total. The maximum Gasteiger partial charge on any atom is 0.152 e. The van der Waals surface area contributed by atoms with E-state index in [0.29, 0.717) is 5.56 Å². The van der Waals surface area contributed by atoms with Crippen LogP contribution in [0.4, 0.5) is 10.2 Å². The highest BCUT2D eigenvalue weighted by molar-refractivity contribution is 5.96. The minimum atomic E-state index is -0.187. The standard InChI is InChI=1S/C22H22FN3O/c23-20-7-4-17(5-8-20)10-11-25-12-14-26(15-13-25)21-9-6-18-2-1-3-19(16-27)22(18)24-21/h1-9,16H,10-15H2. The van der Waals surface area contributed by atoms with Gasteiger partial charge >= 0.3 is 0 Å². The van der Waals surface area contributed by atoms with Crippen molar-refractivity contribution in [3.63, 3.8) is 0 Å². The van der Waals surface area contributed by atoms with Crippen molar-refractivity contribution >= 4 is 23.0 Å². The van der Waals surface area contributed by atoms with Gasteiger partial charge in [-0.3, -0.25) is 9.69 Å². The third-order valence-corrected chi connectivity index (χ3v) is 5.19. The molecule has 1 saturated heterocycles. The van der Waals surface area contributed by atoms with Crippen LogP contribution in [0.15, 0.2) is 54.6 Å². The number of carbonyl (C=O) groups is 1. The second-order valence-electron chi connectivity index (χ2n) is 6.91. The molecule has 2 heterocycles. The average Bonchev–Trinajstić information content (AvgIpc) is 2.73. The van der Waals surface area contributed by atoms with Gasteiger partial charge in [0.1, 0.15) is 11.6 Å². The summed E-state index contributed by atoms with van der Waals surface area (Å²) in [4.78, 5) is 20.7. The van der Waals surface area contributed by atoms with Crippen LogP contribution in [0.2, 0.25) is 0 Å². The number of aldehydes is 1. The molecule has 0 saturated carbocycles. The maximum absolute atomic E-state index is 13.0. The number of aromatic nitrogens is 1. The smallest absolute Gasteiger partial charge is 0.152 e. The molecule has 0 bridgehead atoms. The van der Waals surface area contributed by atoms with E-state index in [1.807, 2.05) is 36.4 Å². The quantitative estimate of drug-likeness (QED) is 0.650. The van der Waals surface area contributed by atoms with Crippen LogP contribution in [0.25, 0.3) is 10.9 Å². The lowest BCUT2D eigenvalue weighted by Crippen LogP contribution is -2.47. The number of anilines is 1. The van der Waals surface area contributed by atoms with Gasteiger partial charge in [-0.25, -0.2) is 9.37 Å². The normalized spacial score (nSPS) is 15.2.